The lowest BCUT2D eigenvalue weighted by atomic mass is 9.94. The summed E-state index contributed by atoms with van der Waals surface area (Å²) >= 11 is 1.54. The number of pyridine rings is 1. The first-order valence-corrected chi connectivity index (χ1v) is 10.3. The summed E-state index contributed by atoms with van der Waals surface area (Å²) in [4.78, 5) is 23.4. The van der Waals surface area contributed by atoms with E-state index in [0.29, 0.717) is 18.8 Å². The number of aromatic nitrogens is 2. The average molecular weight is 382 g/mol. The molecule has 1 amide bonds. The molecule has 140 valence electrons. The molecule has 1 saturated heterocycles. The van der Waals surface area contributed by atoms with Crippen molar-refractivity contribution in [1.82, 2.24) is 14.9 Å². The predicted octanol–water partition coefficient (Wildman–Crippen LogP) is 3.32. The van der Waals surface area contributed by atoms with Crippen molar-refractivity contribution in [2.75, 3.05) is 13.1 Å². The summed E-state index contributed by atoms with van der Waals surface area (Å²) in [6.07, 6.45) is 3.94. The quantitative estimate of drug-likeness (QED) is 0.736. The van der Waals surface area contributed by atoms with Gasteiger partial charge in [0, 0.05) is 36.0 Å². The topological polar surface area (TPSA) is 66.3 Å². The third-order valence-electron chi connectivity index (χ3n) is 5.15. The first-order chi connectivity index (χ1) is 13.2. The first-order valence-electron chi connectivity index (χ1n) is 9.40. The number of para-hydroxylation sites is 1. The number of hydrogen-bond acceptors (Lipinski definition) is 5. The van der Waals surface area contributed by atoms with Gasteiger partial charge in [-0.15, -0.1) is 11.3 Å². The third-order valence-corrected chi connectivity index (χ3v) is 6.06. The van der Waals surface area contributed by atoms with E-state index >= 15 is 0 Å². The molecule has 0 saturated carbocycles. The monoisotopic (exact) mass is 381 g/mol. The summed E-state index contributed by atoms with van der Waals surface area (Å²) in [6, 6.07) is 10.1. The highest BCUT2D eigenvalue weighted by molar-refractivity contribution is 7.09. The van der Waals surface area contributed by atoms with Crippen LogP contribution in [0.1, 0.15) is 34.4 Å². The lowest BCUT2D eigenvalue weighted by Crippen LogP contribution is -2.29. The van der Waals surface area contributed by atoms with Gasteiger partial charge in [0.25, 0.3) is 5.91 Å². The molecule has 2 atom stereocenters. The zero-order valence-electron chi connectivity index (χ0n) is 15.3. The highest BCUT2D eigenvalue weighted by Crippen LogP contribution is 2.26. The van der Waals surface area contributed by atoms with E-state index in [-0.39, 0.29) is 11.8 Å². The van der Waals surface area contributed by atoms with E-state index in [1.807, 2.05) is 35.8 Å². The standard InChI is InChI=1S/C21H23N3O2S/c1-2-5-20-23-18(13-27-20)21(26)24-11-15(19(25)12-24)10-14-8-9-22-17-7-4-3-6-16(14)17/h3-4,6-9,13,15,19,25H,2,5,10-12H2,1H3/t15-,19-/m1/s1. The lowest BCUT2D eigenvalue weighted by molar-refractivity contribution is 0.0759. The summed E-state index contributed by atoms with van der Waals surface area (Å²) in [5, 5.41) is 14.5. The smallest absolute Gasteiger partial charge is 0.273 e. The average Bonchev–Trinajstić information content (AvgIpc) is 3.29. The number of aliphatic hydroxyl groups is 1. The van der Waals surface area contributed by atoms with Crippen LogP contribution in [0.4, 0.5) is 0 Å². The Morgan fingerprint density at radius 3 is 3.00 bits per heavy atom. The number of hydrogen-bond donors (Lipinski definition) is 1. The van der Waals surface area contributed by atoms with Gasteiger partial charge in [0.1, 0.15) is 5.69 Å². The number of thiazole rings is 1. The number of nitrogens with zero attached hydrogens (tertiary/aromatic N) is 3. The van der Waals surface area contributed by atoms with Gasteiger partial charge in [-0.3, -0.25) is 9.78 Å². The number of likely N-dealkylation sites (tertiary alicyclic amines) is 1. The van der Waals surface area contributed by atoms with Crippen molar-refractivity contribution in [3.05, 3.63) is 58.2 Å². The first kappa shape index (κ1) is 18.1. The van der Waals surface area contributed by atoms with Crippen LogP contribution >= 0.6 is 11.3 Å². The molecule has 0 radical (unpaired) electrons. The van der Waals surface area contributed by atoms with Crippen LogP contribution in [0.25, 0.3) is 10.9 Å². The summed E-state index contributed by atoms with van der Waals surface area (Å²) in [6.45, 7) is 3.03. The number of amides is 1. The van der Waals surface area contributed by atoms with Crippen molar-refractivity contribution in [2.24, 2.45) is 5.92 Å². The fourth-order valence-corrected chi connectivity index (χ4v) is 4.61. The number of fused-ring (bicyclic) bond motifs is 1. The Balaban J connectivity index is 1.48. The molecule has 1 aliphatic heterocycles. The van der Waals surface area contributed by atoms with E-state index in [1.165, 1.54) is 11.3 Å². The zero-order chi connectivity index (χ0) is 18.8. The minimum absolute atomic E-state index is 0.0218. The van der Waals surface area contributed by atoms with E-state index in [1.54, 1.807) is 4.90 Å². The highest BCUT2D eigenvalue weighted by atomic mass is 32.1. The molecule has 6 heteroatoms. The summed E-state index contributed by atoms with van der Waals surface area (Å²) < 4.78 is 0. The van der Waals surface area contributed by atoms with Gasteiger partial charge in [-0.2, -0.15) is 0 Å². The highest BCUT2D eigenvalue weighted by Gasteiger charge is 2.35. The van der Waals surface area contributed by atoms with Crippen LogP contribution in [0.15, 0.2) is 41.9 Å². The fraction of sp³-hybridized carbons (Fsp3) is 0.381. The van der Waals surface area contributed by atoms with Crippen molar-refractivity contribution in [2.45, 2.75) is 32.3 Å². The molecule has 0 bridgehead atoms. The van der Waals surface area contributed by atoms with Crippen LogP contribution in [0.2, 0.25) is 0 Å². The molecule has 0 unspecified atom stereocenters. The Morgan fingerprint density at radius 1 is 1.30 bits per heavy atom. The number of aryl methyl sites for hydroxylation is 1. The molecular weight excluding hydrogens is 358 g/mol. The molecule has 1 aliphatic rings. The maximum Gasteiger partial charge on any atom is 0.273 e. The lowest BCUT2D eigenvalue weighted by Gasteiger charge is -2.15. The molecule has 27 heavy (non-hydrogen) atoms. The van der Waals surface area contributed by atoms with Gasteiger partial charge in [0.15, 0.2) is 0 Å². The maximum absolute atomic E-state index is 12.8. The zero-order valence-corrected chi connectivity index (χ0v) is 16.2. The normalized spacial score (nSPS) is 19.7. The summed E-state index contributed by atoms with van der Waals surface area (Å²) in [7, 11) is 0. The van der Waals surface area contributed by atoms with Crippen LogP contribution < -0.4 is 0 Å². The van der Waals surface area contributed by atoms with E-state index in [2.05, 4.69) is 23.0 Å². The van der Waals surface area contributed by atoms with Gasteiger partial charge in [0.05, 0.1) is 16.6 Å². The number of carbonyl (C=O) groups excluding carboxylic acids is 1. The van der Waals surface area contributed by atoms with Crippen LogP contribution in [-0.4, -0.2) is 45.1 Å². The van der Waals surface area contributed by atoms with Crippen LogP contribution in [0, 0.1) is 5.92 Å². The Morgan fingerprint density at radius 2 is 2.15 bits per heavy atom. The number of carbonyl (C=O) groups is 1. The molecule has 5 nitrogen and oxygen atoms in total. The minimum atomic E-state index is -0.519. The number of benzene rings is 1. The molecule has 1 fully saturated rings. The molecule has 4 rings (SSSR count). The largest absolute Gasteiger partial charge is 0.391 e. The van der Waals surface area contributed by atoms with Crippen molar-refractivity contribution in [3.63, 3.8) is 0 Å². The fourth-order valence-electron chi connectivity index (χ4n) is 3.74. The van der Waals surface area contributed by atoms with Crippen molar-refractivity contribution < 1.29 is 9.90 Å². The van der Waals surface area contributed by atoms with Crippen molar-refractivity contribution in [1.29, 1.82) is 0 Å². The number of β-amino-alcohol motifs (C(OH)–C–C–N with tert-alkyl or cyclic N) is 1. The van der Waals surface area contributed by atoms with Crippen molar-refractivity contribution in [3.8, 4) is 0 Å². The summed E-state index contributed by atoms with van der Waals surface area (Å²) in [5.41, 5.74) is 2.63. The second kappa shape index (κ2) is 7.74. The number of rotatable bonds is 5. The van der Waals surface area contributed by atoms with Crippen LogP contribution in [0.5, 0.6) is 0 Å². The Labute approximate surface area is 162 Å². The molecule has 3 heterocycles. The Kier molecular flexibility index (Phi) is 5.18. The van der Waals surface area contributed by atoms with E-state index in [9.17, 15) is 9.90 Å². The van der Waals surface area contributed by atoms with E-state index in [4.69, 9.17) is 0 Å². The van der Waals surface area contributed by atoms with Gasteiger partial charge in [0.2, 0.25) is 0 Å². The molecule has 1 N–H and O–H groups in total. The van der Waals surface area contributed by atoms with Gasteiger partial charge in [-0.05, 0) is 37.0 Å². The van der Waals surface area contributed by atoms with Crippen LogP contribution in [-0.2, 0) is 12.8 Å². The minimum Gasteiger partial charge on any atom is -0.391 e. The Hall–Kier alpha value is -2.31. The molecule has 2 aromatic heterocycles. The molecule has 0 aliphatic carbocycles. The van der Waals surface area contributed by atoms with Crippen molar-refractivity contribution >= 4 is 28.1 Å². The SMILES string of the molecule is CCCc1nc(C(=O)N2C[C@@H](Cc3ccnc4ccccc34)[C@H](O)C2)cs1. The Bertz CT molecular complexity index is 950. The predicted molar refractivity (Wildman–Crippen MR) is 107 cm³/mol. The van der Waals surface area contributed by atoms with Gasteiger partial charge in [-0.25, -0.2) is 4.98 Å². The van der Waals surface area contributed by atoms with E-state index < -0.39 is 6.10 Å². The maximum atomic E-state index is 12.8. The van der Waals surface area contributed by atoms with Gasteiger partial charge in [-0.1, -0.05) is 25.1 Å². The van der Waals surface area contributed by atoms with Crippen LogP contribution in [0.3, 0.4) is 0 Å². The summed E-state index contributed by atoms with van der Waals surface area (Å²) in [5.74, 6) is -0.0526. The second-order valence-electron chi connectivity index (χ2n) is 7.11. The third kappa shape index (κ3) is 3.73. The molecular formula is C21H23N3O2S. The molecule has 0 spiro atoms. The molecule has 1 aromatic carbocycles. The van der Waals surface area contributed by atoms with Gasteiger partial charge >= 0.3 is 0 Å². The second-order valence-corrected chi connectivity index (χ2v) is 8.05. The number of aliphatic hydroxyl groups excluding tert-OH is 1. The van der Waals surface area contributed by atoms with Gasteiger partial charge < -0.3 is 10.0 Å². The van der Waals surface area contributed by atoms with E-state index in [0.717, 1.165) is 40.7 Å². The molecule has 3 aromatic rings.